The Bertz CT molecular complexity index is 479. The van der Waals surface area contributed by atoms with Crippen LogP contribution in [0.3, 0.4) is 0 Å². The number of nitrogens with zero attached hydrogens (tertiary/aromatic N) is 1. The van der Waals surface area contributed by atoms with E-state index in [-0.39, 0.29) is 6.54 Å². The Hall–Kier alpha value is -1.51. The lowest BCUT2D eigenvalue weighted by Crippen LogP contribution is -2.02. The Balaban J connectivity index is 2.18. The van der Waals surface area contributed by atoms with Gasteiger partial charge in [0.2, 0.25) is 6.08 Å². The predicted molar refractivity (Wildman–Crippen MR) is 68.0 cm³/mol. The maximum atomic E-state index is 10.1. The van der Waals surface area contributed by atoms with Gasteiger partial charge in [-0.3, -0.25) is 0 Å². The third-order valence-corrected chi connectivity index (χ3v) is 3.06. The van der Waals surface area contributed by atoms with Gasteiger partial charge in [0.05, 0.1) is 25.3 Å². The number of carbonyl (C=O) groups excluding carboxylic acids is 1. The summed E-state index contributed by atoms with van der Waals surface area (Å²) in [6.07, 6.45) is 3.92. The highest BCUT2D eigenvalue weighted by Gasteiger charge is 2.23. The fourth-order valence-corrected chi connectivity index (χ4v) is 1.90. The summed E-state index contributed by atoms with van der Waals surface area (Å²) in [5.41, 5.74) is 0.791. The van der Waals surface area contributed by atoms with Gasteiger partial charge in [-0.05, 0) is 36.5 Å². The largest absolute Gasteiger partial charge is 0.493 e. The number of aliphatic imine (C=N–C) groups is 1. The molecular formula is C13H14ClNO3. The normalized spacial score (nSPS) is 13.9. The summed E-state index contributed by atoms with van der Waals surface area (Å²) in [7, 11) is 1.56. The molecule has 1 saturated carbocycles. The average Bonchev–Trinajstić information content (AvgIpc) is 3.18. The first-order valence-electron chi connectivity index (χ1n) is 5.77. The molecule has 0 spiro atoms. The lowest BCUT2D eigenvalue weighted by Gasteiger charge is -2.13. The first-order chi connectivity index (χ1) is 8.74. The molecule has 4 nitrogen and oxygen atoms in total. The van der Waals surface area contributed by atoms with E-state index >= 15 is 0 Å². The van der Waals surface area contributed by atoms with Crippen molar-refractivity contribution in [3.05, 3.63) is 22.7 Å². The van der Waals surface area contributed by atoms with E-state index in [1.807, 2.05) is 0 Å². The Morgan fingerprint density at radius 1 is 1.50 bits per heavy atom. The predicted octanol–water partition coefficient (Wildman–Crippen LogP) is 2.97. The molecule has 0 bridgehead atoms. The van der Waals surface area contributed by atoms with Crippen molar-refractivity contribution in [2.45, 2.75) is 19.4 Å². The van der Waals surface area contributed by atoms with Crippen LogP contribution < -0.4 is 9.47 Å². The molecule has 0 saturated heterocycles. The minimum Gasteiger partial charge on any atom is -0.493 e. The van der Waals surface area contributed by atoms with E-state index in [0.717, 1.165) is 5.56 Å². The lowest BCUT2D eigenvalue weighted by atomic mass is 10.2. The third kappa shape index (κ3) is 3.25. The average molecular weight is 268 g/mol. The van der Waals surface area contributed by atoms with E-state index in [0.29, 0.717) is 29.0 Å². The summed E-state index contributed by atoms with van der Waals surface area (Å²) < 4.78 is 10.9. The van der Waals surface area contributed by atoms with E-state index in [9.17, 15) is 4.79 Å². The van der Waals surface area contributed by atoms with Gasteiger partial charge in [-0.1, -0.05) is 11.6 Å². The zero-order valence-corrected chi connectivity index (χ0v) is 10.9. The zero-order valence-electron chi connectivity index (χ0n) is 10.1. The first-order valence-corrected chi connectivity index (χ1v) is 6.15. The molecule has 1 fully saturated rings. The molecule has 0 atom stereocenters. The van der Waals surface area contributed by atoms with Crippen LogP contribution in [0.5, 0.6) is 11.5 Å². The highest BCUT2D eigenvalue weighted by Crippen LogP contribution is 2.38. The molecule has 0 radical (unpaired) electrons. The molecule has 0 aromatic heterocycles. The van der Waals surface area contributed by atoms with Crippen LogP contribution in [-0.2, 0) is 11.3 Å². The highest BCUT2D eigenvalue weighted by molar-refractivity contribution is 6.32. The third-order valence-electron chi connectivity index (χ3n) is 2.78. The molecule has 2 rings (SSSR count). The fourth-order valence-electron chi connectivity index (χ4n) is 1.61. The fraction of sp³-hybridized carbons (Fsp3) is 0.462. The molecule has 0 heterocycles. The van der Waals surface area contributed by atoms with Crippen molar-refractivity contribution in [3.63, 3.8) is 0 Å². The van der Waals surface area contributed by atoms with Gasteiger partial charge in [-0.15, -0.1) is 0 Å². The molecule has 5 heteroatoms. The van der Waals surface area contributed by atoms with E-state index in [1.165, 1.54) is 18.9 Å². The molecule has 1 aromatic carbocycles. The topological polar surface area (TPSA) is 47.9 Å². The maximum Gasteiger partial charge on any atom is 0.235 e. The van der Waals surface area contributed by atoms with Crippen LogP contribution in [0.1, 0.15) is 18.4 Å². The minimum absolute atomic E-state index is 0.239. The number of ether oxygens (including phenoxy) is 2. The second-order valence-electron chi connectivity index (χ2n) is 4.27. The second-order valence-corrected chi connectivity index (χ2v) is 4.68. The van der Waals surface area contributed by atoms with Crippen LogP contribution >= 0.6 is 11.6 Å². The van der Waals surface area contributed by atoms with Gasteiger partial charge in [0.25, 0.3) is 0 Å². The van der Waals surface area contributed by atoms with Crippen molar-refractivity contribution in [1.29, 1.82) is 0 Å². The number of isocyanates is 1. The monoisotopic (exact) mass is 267 g/mol. The molecular weight excluding hydrogens is 254 g/mol. The van der Waals surface area contributed by atoms with Gasteiger partial charge in [-0.25, -0.2) is 9.79 Å². The summed E-state index contributed by atoms with van der Waals surface area (Å²) in [5, 5.41) is 0.478. The molecule has 1 aliphatic rings. The molecule has 0 aliphatic heterocycles. The summed E-state index contributed by atoms with van der Waals surface area (Å²) in [4.78, 5) is 13.6. The molecule has 96 valence electrons. The smallest absolute Gasteiger partial charge is 0.235 e. The van der Waals surface area contributed by atoms with E-state index in [4.69, 9.17) is 21.1 Å². The number of benzene rings is 1. The van der Waals surface area contributed by atoms with Crippen molar-refractivity contribution in [1.82, 2.24) is 0 Å². The van der Waals surface area contributed by atoms with Crippen molar-refractivity contribution >= 4 is 17.7 Å². The summed E-state index contributed by atoms with van der Waals surface area (Å²) in [6.45, 7) is 0.907. The Morgan fingerprint density at radius 2 is 2.28 bits per heavy atom. The van der Waals surface area contributed by atoms with Crippen LogP contribution in [0.25, 0.3) is 0 Å². The van der Waals surface area contributed by atoms with Gasteiger partial charge in [-0.2, -0.15) is 0 Å². The van der Waals surface area contributed by atoms with Crippen LogP contribution in [0.2, 0.25) is 5.02 Å². The van der Waals surface area contributed by atoms with E-state index in [1.54, 1.807) is 19.2 Å². The quantitative estimate of drug-likeness (QED) is 0.588. The zero-order chi connectivity index (χ0) is 13.0. The standard InChI is InChI=1S/C13H14ClNO3/c1-17-12-5-10(6-15-8-16)4-11(14)13(12)18-7-9-2-3-9/h4-5,9H,2-3,6-7H2,1H3. The van der Waals surface area contributed by atoms with Crippen molar-refractivity contribution in [2.75, 3.05) is 13.7 Å². The van der Waals surface area contributed by atoms with Gasteiger partial charge in [0.1, 0.15) is 0 Å². The van der Waals surface area contributed by atoms with Crippen molar-refractivity contribution in [2.24, 2.45) is 10.9 Å². The highest BCUT2D eigenvalue weighted by atomic mass is 35.5. The first kappa shape index (κ1) is 12.9. The van der Waals surface area contributed by atoms with Crippen LogP contribution in [0, 0.1) is 5.92 Å². The summed E-state index contributed by atoms with van der Waals surface area (Å²) in [6, 6.07) is 3.50. The molecule has 0 N–H and O–H groups in total. The van der Waals surface area contributed by atoms with Crippen molar-refractivity contribution < 1.29 is 14.3 Å². The number of hydrogen-bond acceptors (Lipinski definition) is 4. The van der Waals surface area contributed by atoms with Gasteiger partial charge in [0.15, 0.2) is 11.5 Å². The summed E-state index contributed by atoms with van der Waals surface area (Å²) in [5.74, 6) is 1.77. The minimum atomic E-state index is 0.239. The van der Waals surface area contributed by atoms with Gasteiger partial charge >= 0.3 is 0 Å². The Kier molecular flexibility index (Phi) is 4.24. The number of halogens is 1. The van der Waals surface area contributed by atoms with E-state index in [2.05, 4.69) is 4.99 Å². The van der Waals surface area contributed by atoms with Crippen LogP contribution in [0.15, 0.2) is 17.1 Å². The molecule has 1 aliphatic carbocycles. The SMILES string of the molecule is COc1cc(CN=C=O)cc(Cl)c1OCC1CC1. The molecule has 0 unspecified atom stereocenters. The Labute approximate surface area is 111 Å². The number of hydrogen-bond donors (Lipinski definition) is 0. The number of rotatable bonds is 6. The second kappa shape index (κ2) is 5.89. The molecule has 0 amide bonds. The lowest BCUT2D eigenvalue weighted by molar-refractivity contribution is 0.280. The van der Waals surface area contributed by atoms with E-state index < -0.39 is 0 Å². The molecule has 1 aromatic rings. The number of methoxy groups -OCH3 is 1. The van der Waals surface area contributed by atoms with Crippen LogP contribution in [-0.4, -0.2) is 19.8 Å². The molecule has 18 heavy (non-hydrogen) atoms. The van der Waals surface area contributed by atoms with Crippen LogP contribution in [0.4, 0.5) is 0 Å². The van der Waals surface area contributed by atoms with Gasteiger partial charge < -0.3 is 9.47 Å². The van der Waals surface area contributed by atoms with Crippen molar-refractivity contribution in [3.8, 4) is 11.5 Å². The Morgan fingerprint density at radius 3 is 2.89 bits per heavy atom. The summed E-state index contributed by atoms with van der Waals surface area (Å²) >= 11 is 6.15. The maximum absolute atomic E-state index is 10.1. The van der Waals surface area contributed by atoms with Gasteiger partial charge in [0, 0.05) is 0 Å².